The van der Waals surface area contributed by atoms with Crippen molar-refractivity contribution in [3.05, 3.63) is 34.1 Å². The minimum Gasteiger partial charge on any atom is -0.366 e. The Labute approximate surface area is 85.4 Å². The molecule has 1 aromatic carbocycles. The van der Waals surface area contributed by atoms with E-state index in [4.69, 9.17) is 5.73 Å². The lowest BCUT2D eigenvalue weighted by molar-refractivity contribution is -0.385. The normalized spacial score (nSPS) is 16.3. The lowest BCUT2D eigenvalue weighted by atomic mass is 10.1. The zero-order valence-electron chi connectivity index (χ0n) is 7.89. The van der Waals surface area contributed by atoms with Crippen LogP contribution in [-0.2, 0) is 0 Å². The zero-order chi connectivity index (χ0) is 11.0. The molecule has 1 fully saturated rings. The fourth-order valence-electron chi connectivity index (χ4n) is 1.58. The van der Waals surface area contributed by atoms with Crippen molar-refractivity contribution in [1.82, 2.24) is 0 Å². The summed E-state index contributed by atoms with van der Waals surface area (Å²) in [4.78, 5) is 11.5. The van der Waals surface area contributed by atoms with Gasteiger partial charge in [-0.05, 0) is 6.07 Å². The number of hydrogen-bond donors (Lipinski definition) is 1. The maximum Gasteiger partial charge on any atom is 0.272 e. The lowest BCUT2D eigenvalue weighted by Crippen LogP contribution is -2.56. The Morgan fingerprint density at radius 1 is 1.53 bits per heavy atom. The molecule has 80 valence electrons. The molecule has 0 radical (unpaired) electrons. The molecule has 1 aromatic rings. The van der Waals surface area contributed by atoms with Crippen LogP contribution in [0.15, 0.2) is 18.2 Å². The van der Waals surface area contributed by atoms with Gasteiger partial charge in [-0.3, -0.25) is 10.1 Å². The molecule has 0 spiro atoms. The first-order valence-electron chi connectivity index (χ1n) is 4.52. The van der Waals surface area contributed by atoms with Crippen molar-refractivity contribution in [2.45, 2.75) is 6.04 Å². The van der Waals surface area contributed by atoms with Crippen LogP contribution in [0.5, 0.6) is 0 Å². The molecule has 0 bridgehead atoms. The van der Waals surface area contributed by atoms with Gasteiger partial charge in [-0.25, -0.2) is 4.39 Å². The van der Waals surface area contributed by atoms with Crippen LogP contribution >= 0.6 is 0 Å². The number of nitro groups is 1. The van der Waals surface area contributed by atoms with Gasteiger partial charge in [0.05, 0.1) is 16.7 Å². The quantitative estimate of drug-likeness (QED) is 0.582. The van der Waals surface area contributed by atoms with Gasteiger partial charge < -0.3 is 10.6 Å². The zero-order valence-corrected chi connectivity index (χ0v) is 7.89. The van der Waals surface area contributed by atoms with Gasteiger partial charge >= 0.3 is 0 Å². The van der Waals surface area contributed by atoms with Gasteiger partial charge in [-0.1, -0.05) is 0 Å². The van der Waals surface area contributed by atoms with Crippen LogP contribution in [0, 0.1) is 15.9 Å². The molecule has 0 atom stereocenters. The number of nitro benzene ring substituents is 1. The largest absolute Gasteiger partial charge is 0.366 e. The molecular weight excluding hydrogens is 201 g/mol. The molecule has 6 heteroatoms. The van der Waals surface area contributed by atoms with E-state index in [-0.39, 0.29) is 11.7 Å². The Kier molecular flexibility index (Phi) is 2.28. The maximum atomic E-state index is 13.4. The summed E-state index contributed by atoms with van der Waals surface area (Å²) in [5.74, 6) is -0.573. The monoisotopic (exact) mass is 211 g/mol. The molecule has 15 heavy (non-hydrogen) atoms. The second-order valence-corrected chi connectivity index (χ2v) is 3.56. The minimum absolute atomic E-state index is 0.0691. The van der Waals surface area contributed by atoms with Crippen LogP contribution in [0.25, 0.3) is 0 Å². The molecule has 2 rings (SSSR count). The van der Waals surface area contributed by atoms with Crippen LogP contribution in [-0.4, -0.2) is 24.1 Å². The lowest BCUT2D eigenvalue weighted by Gasteiger charge is -2.38. The Hall–Kier alpha value is -1.69. The van der Waals surface area contributed by atoms with Gasteiger partial charge in [0, 0.05) is 25.2 Å². The Morgan fingerprint density at radius 2 is 2.20 bits per heavy atom. The van der Waals surface area contributed by atoms with E-state index in [1.165, 1.54) is 12.1 Å². The summed E-state index contributed by atoms with van der Waals surface area (Å²) in [5.41, 5.74) is 5.70. The first-order valence-corrected chi connectivity index (χ1v) is 4.52. The van der Waals surface area contributed by atoms with E-state index in [1.54, 1.807) is 4.90 Å². The number of halogens is 1. The number of rotatable bonds is 2. The molecular formula is C9H10FN3O2. The van der Waals surface area contributed by atoms with Crippen LogP contribution in [0.2, 0.25) is 0 Å². The van der Waals surface area contributed by atoms with Crippen molar-refractivity contribution in [1.29, 1.82) is 0 Å². The number of anilines is 1. The average molecular weight is 211 g/mol. The summed E-state index contributed by atoms with van der Waals surface area (Å²) in [6.07, 6.45) is 0. The number of non-ortho nitro benzene ring substituents is 1. The molecule has 0 aromatic heterocycles. The highest BCUT2D eigenvalue weighted by molar-refractivity contribution is 5.54. The van der Waals surface area contributed by atoms with Crippen molar-refractivity contribution >= 4 is 11.4 Å². The van der Waals surface area contributed by atoms with E-state index < -0.39 is 10.7 Å². The van der Waals surface area contributed by atoms with Crippen LogP contribution in [0.3, 0.4) is 0 Å². The van der Waals surface area contributed by atoms with Crippen molar-refractivity contribution < 1.29 is 9.31 Å². The number of benzene rings is 1. The van der Waals surface area contributed by atoms with Crippen LogP contribution in [0.4, 0.5) is 15.8 Å². The highest BCUT2D eigenvalue weighted by Crippen LogP contribution is 2.26. The predicted octanol–water partition coefficient (Wildman–Crippen LogP) is 0.881. The molecule has 1 aliphatic heterocycles. The van der Waals surface area contributed by atoms with Crippen molar-refractivity contribution in [2.75, 3.05) is 18.0 Å². The smallest absolute Gasteiger partial charge is 0.272 e. The van der Waals surface area contributed by atoms with Crippen LogP contribution in [0.1, 0.15) is 0 Å². The summed E-state index contributed by atoms with van der Waals surface area (Å²) in [6, 6.07) is 3.71. The average Bonchev–Trinajstić information content (AvgIpc) is 2.13. The fraction of sp³-hybridized carbons (Fsp3) is 0.333. The first kappa shape index (κ1) is 9.85. The SMILES string of the molecule is NC1CN(c2ccc([N+](=O)[O-])cc2F)C1. The molecule has 5 nitrogen and oxygen atoms in total. The Bertz CT molecular complexity index is 404. The predicted molar refractivity (Wildman–Crippen MR) is 53.2 cm³/mol. The van der Waals surface area contributed by atoms with Crippen molar-refractivity contribution in [3.63, 3.8) is 0 Å². The van der Waals surface area contributed by atoms with Gasteiger partial charge in [0.2, 0.25) is 0 Å². The highest BCUT2D eigenvalue weighted by Gasteiger charge is 2.26. The minimum atomic E-state index is -0.616. The second kappa shape index (κ2) is 3.47. The standard InChI is InChI=1S/C9H10FN3O2/c10-8-3-7(13(14)15)1-2-9(8)12-4-6(11)5-12/h1-3,6H,4-5,11H2. The molecule has 0 saturated carbocycles. The number of nitrogens with zero attached hydrogens (tertiary/aromatic N) is 2. The van der Waals surface area contributed by atoms with Gasteiger partial charge in [-0.15, -0.1) is 0 Å². The summed E-state index contributed by atoms with van der Waals surface area (Å²) < 4.78 is 13.4. The highest BCUT2D eigenvalue weighted by atomic mass is 19.1. The van der Waals surface area contributed by atoms with Gasteiger partial charge in [0.25, 0.3) is 5.69 Å². The van der Waals surface area contributed by atoms with E-state index >= 15 is 0 Å². The Balaban J connectivity index is 2.23. The van der Waals surface area contributed by atoms with E-state index in [0.717, 1.165) is 6.07 Å². The first-order chi connectivity index (χ1) is 7.08. The van der Waals surface area contributed by atoms with Crippen molar-refractivity contribution in [2.24, 2.45) is 5.73 Å². The third-order valence-corrected chi connectivity index (χ3v) is 2.39. The molecule has 0 unspecified atom stereocenters. The topological polar surface area (TPSA) is 72.4 Å². The molecule has 2 N–H and O–H groups in total. The van der Waals surface area contributed by atoms with E-state index in [1.807, 2.05) is 0 Å². The number of hydrogen-bond acceptors (Lipinski definition) is 4. The third kappa shape index (κ3) is 1.75. The molecule has 1 saturated heterocycles. The number of nitrogens with two attached hydrogens (primary N) is 1. The van der Waals surface area contributed by atoms with E-state index in [2.05, 4.69) is 0 Å². The summed E-state index contributed by atoms with van der Waals surface area (Å²) in [6.45, 7) is 1.18. The van der Waals surface area contributed by atoms with E-state index in [9.17, 15) is 14.5 Å². The maximum absolute atomic E-state index is 13.4. The second-order valence-electron chi connectivity index (χ2n) is 3.56. The van der Waals surface area contributed by atoms with Crippen LogP contribution < -0.4 is 10.6 Å². The summed E-state index contributed by atoms with van der Waals surface area (Å²) in [7, 11) is 0. The molecule has 0 aliphatic carbocycles. The van der Waals surface area contributed by atoms with Crippen molar-refractivity contribution in [3.8, 4) is 0 Å². The van der Waals surface area contributed by atoms with Gasteiger partial charge in [-0.2, -0.15) is 0 Å². The Morgan fingerprint density at radius 3 is 2.67 bits per heavy atom. The molecule has 1 aliphatic rings. The summed E-state index contributed by atoms with van der Waals surface area (Å²) >= 11 is 0. The van der Waals surface area contributed by atoms with E-state index in [0.29, 0.717) is 18.8 Å². The summed E-state index contributed by atoms with van der Waals surface area (Å²) in [5, 5.41) is 10.4. The van der Waals surface area contributed by atoms with Gasteiger partial charge in [0.15, 0.2) is 5.82 Å². The fourth-order valence-corrected chi connectivity index (χ4v) is 1.58. The third-order valence-electron chi connectivity index (χ3n) is 2.39. The molecule has 1 heterocycles. The van der Waals surface area contributed by atoms with Gasteiger partial charge in [0.1, 0.15) is 0 Å². The molecule has 0 amide bonds.